The zero-order chi connectivity index (χ0) is 15.8. The molecule has 1 atom stereocenters. The summed E-state index contributed by atoms with van der Waals surface area (Å²) in [7, 11) is 0. The monoisotopic (exact) mass is 365 g/mol. The van der Waals surface area contributed by atoms with Crippen molar-refractivity contribution < 1.29 is 18.6 Å². The van der Waals surface area contributed by atoms with E-state index >= 15 is 0 Å². The Bertz CT molecular complexity index is 421. The number of nitrogens with one attached hydrogen (secondary N) is 1. The second-order valence-electron chi connectivity index (χ2n) is 5.39. The molecule has 0 saturated carbocycles. The summed E-state index contributed by atoms with van der Waals surface area (Å²) < 4.78 is 32.1. The van der Waals surface area contributed by atoms with Gasteiger partial charge in [-0.2, -0.15) is 0 Å². The lowest BCUT2D eigenvalue weighted by Gasteiger charge is -2.15. The van der Waals surface area contributed by atoms with E-state index in [0.717, 1.165) is 18.9 Å². The third-order valence-corrected chi connectivity index (χ3v) is 3.53. The molecule has 120 valence electrons. The van der Waals surface area contributed by atoms with Gasteiger partial charge in [0.1, 0.15) is 11.6 Å². The van der Waals surface area contributed by atoms with Crippen LogP contribution < -0.4 is 5.32 Å². The molecular formula is C15H22BrF2NO2. The quantitative estimate of drug-likeness (QED) is 0.651. The summed E-state index contributed by atoms with van der Waals surface area (Å²) in [6, 6.07) is 1.96. The first kappa shape index (κ1) is 18.3. The standard InChI is InChI=1S/C15H22BrF2NO2/c1-10(2)4-3-5-21-9-12(20)8-19-15-13(16)6-11(17)7-14(15)18/h6-7,10,12,19-20H,3-5,8-9H2,1-2H3. The molecule has 1 aromatic carbocycles. The number of aliphatic hydroxyl groups is 1. The topological polar surface area (TPSA) is 41.5 Å². The van der Waals surface area contributed by atoms with Gasteiger partial charge in [0.15, 0.2) is 0 Å². The number of ether oxygens (including phenoxy) is 1. The lowest BCUT2D eigenvalue weighted by molar-refractivity contribution is 0.0409. The molecule has 0 aliphatic carbocycles. The van der Waals surface area contributed by atoms with E-state index in [-0.39, 0.29) is 23.3 Å². The van der Waals surface area contributed by atoms with Gasteiger partial charge in [-0.25, -0.2) is 8.78 Å². The molecule has 0 aliphatic heterocycles. The van der Waals surface area contributed by atoms with Gasteiger partial charge in [-0.3, -0.25) is 0 Å². The first-order valence-corrected chi connectivity index (χ1v) is 7.83. The highest BCUT2D eigenvalue weighted by molar-refractivity contribution is 9.10. The number of benzene rings is 1. The number of hydrogen-bond acceptors (Lipinski definition) is 3. The minimum absolute atomic E-state index is 0.130. The molecule has 1 aromatic rings. The van der Waals surface area contributed by atoms with Crippen molar-refractivity contribution >= 4 is 21.6 Å². The van der Waals surface area contributed by atoms with E-state index in [4.69, 9.17) is 4.74 Å². The minimum Gasteiger partial charge on any atom is -0.389 e. The third-order valence-electron chi connectivity index (χ3n) is 2.90. The largest absolute Gasteiger partial charge is 0.389 e. The van der Waals surface area contributed by atoms with E-state index in [1.165, 1.54) is 6.07 Å². The Balaban J connectivity index is 2.29. The van der Waals surface area contributed by atoms with Crippen LogP contribution >= 0.6 is 15.9 Å². The third kappa shape index (κ3) is 7.20. The molecule has 0 radical (unpaired) electrons. The lowest BCUT2D eigenvalue weighted by atomic mass is 10.1. The van der Waals surface area contributed by atoms with Crippen molar-refractivity contribution in [3.05, 3.63) is 28.2 Å². The summed E-state index contributed by atoms with van der Waals surface area (Å²) in [5.74, 6) is -0.718. The van der Waals surface area contributed by atoms with Gasteiger partial charge in [-0.1, -0.05) is 13.8 Å². The van der Waals surface area contributed by atoms with E-state index in [1.54, 1.807) is 0 Å². The molecule has 1 rings (SSSR count). The highest BCUT2D eigenvalue weighted by atomic mass is 79.9. The summed E-state index contributed by atoms with van der Waals surface area (Å²) in [4.78, 5) is 0. The van der Waals surface area contributed by atoms with Crippen molar-refractivity contribution in [3.8, 4) is 0 Å². The average molecular weight is 366 g/mol. The Morgan fingerprint density at radius 3 is 2.67 bits per heavy atom. The van der Waals surface area contributed by atoms with Crippen LogP contribution in [-0.4, -0.2) is 31.0 Å². The van der Waals surface area contributed by atoms with Crippen LogP contribution in [0.25, 0.3) is 0 Å². The number of rotatable bonds is 9. The maximum Gasteiger partial charge on any atom is 0.150 e. The van der Waals surface area contributed by atoms with Crippen LogP contribution in [0.5, 0.6) is 0 Å². The zero-order valence-corrected chi connectivity index (χ0v) is 13.9. The van der Waals surface area contributed by atoms with Gasteiger partial charge in [0.25, 0.3) is 0 Å². The Kier molecular flexibility index (Phi) is 8.14. The smallest absolute Gasteiger partial charge is 0.150 e. The summed E-state index contributed by atoms with van der Waals surface area (Å²) in [5, 5.41) is 12.5. The van der Waals surface area contributed by atoms with Crippen LogP contribution in [0.15, 0.2) is 16.6 Å². The molecule has 0 spiro atoms. The second-order valence-corrected chi connectivity index (χ2v) is 6.24. The van der Waals surface area contributed by atoms with Gasteiger partial charge in [0.05, 0.1) is 18.4 Å². The lowest BCUT2D eigenvalue weighted by Crippen LogP contribution is -2.25. The Morgan fingerprint density at radius 1 is 1.33 bits per heavy atom. The number of halogens is 3. The average Bonchev–Trinajstić information content (AvgIpc) is 2.36. The van der Waals surface area contributed by atoms with E-state index in [0.29, 0.717) is 12.5 Å². The molecular weight excluding hydrogens is 344 g/mol. The molecule has 0 aliphatic rings. The summed E-state index contributed by atoms with van der Waals surface area (Å²) in [6.07, 6.45) is 1.29. The highest BCUT2D eigenvalue weighted by Crippen LogP contribution is 2.26. The Labute approximate surface area is 132 Å². The van der Waals surface area contributed by atoms with E-state index in [2.05, 4.69) is 35.1 Å². The van der Waals surface area contributed by atoms with Crippen LogP contribution in [0.4, 0.5) is 14.5 Å². The predicted octanol–water partition coefficient (Wildman–Crippen LogP) is 3.95. The van der Waals surface area contributed by atoms with Crippen LogP contribution in [0, 0.1) is 17.6 Å². The molecule has 0 bridgehead atoms. The predicted molar refractivity (Wildman–Crippen MR) is 83.4 cm³/mol. The minimum atomic E-state index is -0.750. The van der Waals surface area contributed by atoms with Gasteiger partial charge < -0.3 is 15.2 Å². The first-order valence-electron chi connectivity index (χ1n) is 7.04. The molecule has 0 aromatic heterocycles. The number of hydrogen-bond donors (Lipinski definition) is 2. The van der Waals surface area contributed by atoms with Crippen molar-refractivity contribution in [2.75, 3.05) is 25.1 Å². The fourth-order valence-electron chi connectivity index (χ4n) is 1.80. The van der Waals surface area contributed by atoms with Gasteiger partial charge >= 0.3 is 0 Å². The molecule has 0 amide bonds. The van der Waals surface area contributed by atoms with Crippen molar-refractivity contribution in [2.45, 2.75) is 32.8 Å². The second kappa shape index (κ2) is 9.33. The molecule has 0 heterocycles. The molecule has 0 fully saturated rings. The van der Waals surface area contributed by atoms with E-state index < -0.39 is 17.7 Å². The van der Waals surface area contributed by atoms with Gasteiger partial charge in [0.2, 0.25) is 0 Å². The molecule has 2 N–H and O–H groups in total. The first-order chi connectivity index (χ1) is 9.90. The fourth-order valence-corrected chi connectivity index (χ4v) is 2.35. The van der Waals surface area contributed by atoms with Crippen LogP contribution in [0.2, 0.25) is 0 Å². The summed E-state index contributed by atoms with van der Waals surface area (Å²) in [5.41, 5.74) is 0.134. The van der Waals surface area contributed by atoms with Crippen molar-refractivity contribution in [1.29, 1.82) is 0 Å². The van der Waals surface area contributed by atoms with Crippen molar-refractivity contribution in [1.82, 2.24) is 0 Å². The Morgan fingerprint density at radius 2 is 2.05 bits per heavy atom. The van der Waals surface area contributed by atoms with Crippen LogP contribution in [0.1, 0.15) is 26.7 Å². The summed E-state index contributed by atoms with van der Waals surface area (Å²) >= 11 is 3.08. The van der Waals surface area contributed by atoms with Crippen LogP contribution in [0.3, 0.4) is 0 Å². The van der Waals surface area contributed by atoms with Gasteiger partial charge in [-0.05, 0) is 40.8 Å². The molecule has 1 unspecified atom stereocenters. The van der Waals surface area contributed by atoms with E-state index in [9.17, 15) is 13.9 Å². The van der Waals surface area contributed by atoms with Gasteiger partial charge in [0, 0.05) is 23.7 Å². The Hall–Kier alpha value is -0.720. The number of anilines is 1. The van der Waals surface area contributed by atoms with E-state index in [1.807, 2.05) is 0 Å². The van der Waals surface area contributed by atoms with Crippen LogP contribution in [-0.2, 0) is 4.74 Å². The maximum absolute atomic E-state index is 13.5. The normalized spacial score (nSPS) is 12.7. The highest BCUT2D eigenvalue weighted by Gasteiger charge is 2.11. The number of aliphatic hydroxyl groups excluding tert-OH is 1. The fraction of sp³-hybridized carbons (Fsp3) is 0.600. The van der Waals surface area contributed by atoms with Crippen molar-refractivity contribution in [3.63, 3.8) is 0 Å². The zero-order valence-electron chi connectivity index (χ0n) is 12.3. The molecule has 21 heavy (non-hydrogen) atoms. The summed E-state index contributed by atoms with van der Waals surface area (Å²) in [6.45, 7) is 5.21. The van der Waals surface area contributed by atoms with Gasteiger partial charge in [-0.15, -0.1) is 0 Å². The SMILES string of the molecule is CC(C)CCCOCC(O)CNc1c(F)cc(F)cc1Br. The molecule has 3 nitrogen and oxygen atoms in total. The van der Waals surface area contributed by atoms with Crippen molar-refractivity contribution in [2.24, 2.45) is 5.92 Å². The maximum atomic E-state index is 13.5. The molecule has 6 heteroatoms. The molecule has 0 saturated heterocycles.